The highest BCUT2D eigenvalue weighted by molar-refractivity contribution is 9.10. The summed E-state index contributed by atoms with van der Waals surface area (Å²) in [6.07, 6.45) is -0.664. The first-order valence-electron chi connectivity index (χ1n) is 5.78. The highest BCUT2D eigenvalue weighted by atomic mass is 79.9. The number of aliphatic hydroxyl groups excluding tert-OH is 1. The van der Waals surface area contributed by atoms with Crippen LogP contribution >= 0.6 is 15.9 Å². The number of carbonyl (C=O) groups excluding carboxylic acids is 1. The van der Waals surface area contributed by atoms with Crippen LogP contribution in [0.2, 0.25) is 0 Å². The fourth-order valence-corrected chi connectivity index (χ4v) is 1.98. The van der Waals surface area contributed by atoms with Gasteiger partial charge in [-0.15, -0.1) is 0 Å². The average molecular weight is 334 g/mol. The minimum absolute atomic E-state index is 0.360. The van der Waals surface area contributed by atoms with E-state index in [1.165, 1.54) is 18.2 Å². The van der Waals surface area contributed by atoms with Crippen LogP contribution in [-0.4, -0.2) is 23.4 Å². The Morgan fingerprint density at radius 2 is 2.16 bits per heavy atom. The number of halogens is 2. The van der Waals surface area contributed by atoms with E-state index in [0.717, 1.165) is 0 Å². The summed E-state index contributed by atoms with van der Waals surface area (Å²) in [5.74, 6) is -0.442. The van der Waals surface area contributed by atoms with Gasteiger partial charge in [-0.3, -0.25) is 0 Å². The first kappa shape index (κ1) is 15.9. The van der Waals surface area contributed by atoms with Gasteiger partial charge in [0.05, 0.1) is 12.6 Å². The molecule has 2 N–H and O–H groups in total. The molecule has 6 heteroatoms. The fourth-order valence-electron chi connectivity index (χ4n) is 1.45. The smallest absolute Gasteiger partial charge is 0.408 e. The molecule has 0 aliphatic rings. The zero-order valence-electron chi connectivity index (χ0n) is 11.0. The molecular weight excluding hydrogens is 317 g/mol. The van der Waals surface area contributed by atoms with E-state index in [-0.39, 0.29) is 6.61 Å². The lowest BCUT2D eigenvalue weighted by atomic mass is 10.1. The zero-order chi connectivity index (χ0) is 14.6. The Morgan fingerprint density at radius 3 is 2.68 bits per heavy atom. The number of benzene rings is 1. The first-order valence-corrected chi connectivity index (χ1v) is 6.57. The fraction of sp³-hybridized carbons (Fsp3) is 0.462. The molecule has 1 atom stereocenters. The molecule has 0 aliphatic heterocycles. The maximum Gasteiger partial charge on any atom is 0.408 e. The number of hydrogen-bond acceptors (Lipinski definition) is 3. The Morgan fingerprint density at radius 1 is 1.53 bits per heavy atom. The van der Waals surface area contributed by atoms with Crippen LogP contribution in [0.15, 0.2) is 22.7 Å². The van der Waals surface area contributed by atoms with Crippen molar-refractivity contribution in [1.82, 2.24) is 5.32 Å². The van der Waals surface area contributed by atoms with E-state index in [0.29, 0.717) is 10.0 Å². The number of ether oxygens (including phenoxy) is 1. The van der Waals surface area contributed by atoms with Crippen LogP contribution in [0.3, 0.4) is 0 Å². The van der Waals surface area contributed by atoms with E-state index < -0.39 is 23.6 Å². The van der Waals surface area contributed by atoms with Gasteiger partial charge in [0.2, 0.25) is 0 Å². The lowest BCUT2D eigenvalue weighted by molar-refractivity contribution is 0.0481. The molecule has 1 aromatic carbocycles. The average Bonchev–Trinajstić information content (AvgIpc) is 2.27. The van der Waals surface area contributed by atoms with Crippen LogP contribution in [0.4, 0.5) is 9.18 Å². The normalized spacial score (nSPS) is 12.9. The summed E-state index contributed by atoms with van der Waals surface area (Å²) in [5, 5.41) is 11.8. The number of alkyl carbamates (subject to hydrolysis) is 1. The third-order valence-electron chi connectivity index (χ3n) is 2.21. The number of rotatable bonds is 3. The van der Waals surface area contributed by atoms with Gasteiger partial charge in [-0.05, 0) is 44.5 Å². The lowest BCUT2D eigenvalue weighted by Crippen LogP contribution is -2.36. The first-order chi connectivity index (χ1) is 8.73. The number of carbonyl (C=O) groups is 1. The molecule has 1 unspecified atom stereocenters. The molecule has 4 nitrogen and oxygen atoms in total. The molecule has 0 saturated heterocycles. The summed E-state index contributed by atoms with van der Waals surface area (Å²) in [6.45, 7) is 4.84. The summed E-state index contributed by atoms with van der Waals surface area (Å²) in [6, 6.07) is 3.32. The molecule has 0 bridgehead atoms. The summed E-state index contributed by atoms with van der Waals surface area (Å²) in [7, 11) is 0. The predicted octanol–water partition coefficient (Wildman–Crippen LogP) is 3.15. The highest BCUT2D eigenvalue weighted by Crippen LogP contribution is 2.24. The van der Waals surface area contributed by atoms with Gasteiger partial charge >= 0.3 is 6.09 Å². The number of amides is 1. The van der Waals surface area contributed by atoms with E-state index in [4.69, 9.17) is 4.74 Å². The molecule has 0 aromatic heterocycles. The van der Waals surface area contributed by atoms with Crippen LogP contribution in [0.5, 0.6) is 0 Å². The van der Waals surface area contributed by atoms with Crippen molar-refractivity contribution in [2.75, 3.05) is 6.61 Å². The number of nitrogens with one attached hydrogen (secondary N) is 1. The van der Waals surface area contributed by atoms with Crippen LogP contribution in [-0.2, 0) is 4.74 Å². The number of aliphatic hydroxyl groups is 1. The van der Waals surface area contributed by atoms with Crippen LogP contribution in [0.25, 0.3) is 0 Å². The Kier molecular flexibility index (Phi) is 5.31. The zero-order valence-corrected chi connectivity index (χ0v) is 12.6. The SMILES string of the molecule is CC(C)(C)OC(=O)NC(CO)c1cc(F)ccc1Br. The topological polar surface area (TPSA) is 58.6 Å². The highest BCUT2D eigenvalue weighted by Gasteiger charge is 2.21. The molecule has 0 saturated carbocycles. The van der Waals surface area contributed by atoms with Crippen molar-refractivity contribution in [3.63, 3.8) is 0 Å². The van der Waals surface area contributed by atoms with Crippen molar-refractivity contribution in [3.05, 3.63) is 34.1 Å². The van der Waals surface area contributed by atoms with E-state index >= 15 is 0 Å². The largest absolute Gasteiger partial charge is 0.444 e. The standard InChI is InChI=1S/C13H17BrFNO3/c1-13(2,3)19-12(18)16-11(7-17)9-6-8(15)4-5-10(9)14/h4-6,11,17H,7H2,1-3H3,(H,16,18). The Hall–Kier alpha value is -1.14. The van der Waals surface area contributed by atoms with E-state index in [1.54, 1.807) is 20.8 Å². The minimum Gasteiger partial charge on any atom is -0.444 e. The molecule has 0 radical (unpaired) electrons. The van der Waals surface area contributed by atoms with Crippen LogP contribution < -0.4 is 5.32 Å². The second-order valence-corrected chi connectivity index (χ2v) is 5.90. The predicted molar refractivity (Wildman–Crippen MR) is 73.3 cm³/mol. The Balaban J connectivity index is 2.84. The van der Waals surface area contributed by atoms with Crippen molar-refractivity contribution < 1.29 is 19.0 Å². The van der Waals surface area contributed by atoms with E-state index in [1.807, 2.05) is 0 Å². The van der Waals surface area contributed by atoms with Gasteiger partial charge in [0.1, 0.15) is 11.4 Å². The summed E-state index contributed by atoms with van der Waals surface area (Å²) < 4.78 is 18.9. The van der Waals surface area contributed by atoms with Gasteiger partial charge < -0.3 is 15.2 Å². The Labute approximate surface area is 120 Å². The van der Waals surface area contributed by atoms with Gasteiger partial charge in [-0.25, -0.2) is 9.18 Å². The molecule has 106 valence electrons. The lowest BCUT2D eigenvalue weighted by Gasteiger charge is -2.23. The maximum atomic E-state index is 13.2. The minimum atomic E-state index is -0.736. The molecule has 1 amide bonds. The molecule has 19 heavy (non-hydrogen) atoms. The van der Waals surface area contributed by atoms with Crippen LogP contribution in [0.1, 0.15) is 32.4 Å². The molecule has 1 aromatic rings. The maximum absolute atomic E-state index is 13.2. The van der Waals surface area contributed by atoms with Gasteiger partial charge in [-0.1, -0.05) is 15.9 Å². The molecule has 0 aliphatic carbocycles. The van der Waals surface area contributed by atoms with Crippen molar-refractivity contribution in [3.8, 4) is 0 Å². The second-order valence-electron chi connectivity index (χ2n) is 5.05. The third kappa shape index (κ3) is 5.16. The van der Waals surface area contributed by atoms with Crippen molar-refractivity contribution in [1.29, 1.82) is 0 Å². The van der Waals surface area contributed by atoms with Gasteiger partial charge in [0.25, 0.3) is 0 Å². The van der Waals surface area contributed by atoms with Crippen LogP contribution in [0, 0.1) is 5.82 Å². The second kappa shape index (κ2) is 6.34. The van der Waals surface area contributed by atoms with Crippen molar-refractivity contribution in [2.24, 2.45) is 0 Å². The summed E-state index contributed by atoms with van der Waals surface area (Å²) in [5.41, 5.74) is -0.183. The van der Waals surface area contributed by atoms with Gasteiger partial charge in [0, 0.05) is 4.47 Å². The summed E-state index contributed by atoms with van der Waals surface area (Å²) >= 11 is 3.25. The monoisotopic (exact) mass is 333 g/mol. The van der Waals surface area contributed by atoms with Crippen molar-refractivity contribution >= 4 is 22.0 Å². The Bertz CT molecular complexity index is 460. The number of hydrogen-bond donors (Lipinski definition) is 2. The van der Waals surface area contributed by atoms with Crippen molar-refractivity contribution in [2.45, 2.75) is 32.4 Å². The molecule has 1 rings (SSSR count). The van der Waals surface area contributed by atoms with Gasteiger partial charge in [0.15, 0.2) is 0 Å². The summed E-state index contributed by atoms with van der Waals surface area (Å²) in [4.78, 5) is 11.6. The molecule has 0 heterocycles. The van der Waals surface area contributed by atoms with E-state index in [9.17, 15) is 14.3 Å². The van der Waals surface area contributed by atoms with Gasteiger partial charge in [-0.2, -0.15) is 0 Å². The molecule has 0 fully saturated rings. The molecular formula is C13H17BrFNO3. The van der Waals surface area contributed by atoms with E-state index in [2.05, 4.69) is 21.2 Å². The quantitative estimate of drug-likeness (QED) is 0.893. The third-order valence-corrected chi connectivity index (χ3v) is 2.93. The molecule has 0 spiro atoms.